The highest BCUT2D eigenvalue weighted by molar-refractivity contribution is 5.17. The van der Waals surface area contributed by atoms with Crippen LogP contribution in [0.25, 0.3) is 0 Å². The van der Waals surface area contributed by atoms with Gasteiger partial charge in [0.2, 0.25) is 0 Å². The van der Waals surface area contributed by atoms with Gasteiger partial charge < -0.3 is 4.48 Å². The highest BCUT2D eigenvalue weighted by Gasteiger charge is 2.36. The molecule has 4 heteroatoms. The summed E-state index contributed by atoms with van der Waals surface area (Å²) in [5, 5.41) is 0. The van der Waals surface area contributed by atoms with E-state index >= 15 is 0 Å². The largest absolute Gasteiger partial charge is 0.318 e. The second-order valence-corrected chi connectivity index (χ2v) is 14.2. The number of nitrogens with zero attached hydrogens (tertiary/aromatic N) is 4. The number of hydrogen-bond acceptors (Lipinski definition) is 3. The third-order valence-electron chi connectivity index (χ3n) is 11.0. The van der Waals surface area contributed by atoms with Crippen LogP contribution in [-0.2, 0) is 26.2 Å². The van der Waals surface area contributed by atoms with E-state index < -0.39 is 0 Å². The van der Waals surface area contributed by atoms with Crippen LogP contribution in [0.3, 0.4) is 0 Å². The van der Waals surface area contributed by atoms with Gasteiger partial charge >= 0.3 is 0 Å². The molecule has 0 radical (unpaired) electrons. The average Bonchev–Trinajstić information content (AvgIpc) is 3.14. The summed E-state index contributed by atoms with van der Waals surface area (Å²) in [7, 11) is 0. The predicted molar refractivity (Wildman–Crippen MR) is 203 cm³/mol. The van der Waals surface area contributed by atoms with Crippen LogP contribution in [0, 0.1) is 0 Å². The summed E-state index contributed by atoms with van der Waals surface area (Å²) in [4.78, 5) is 8.57. The molecule has 1 fully saturated rings. The predicted octanol–water partition coefficient (Wildman–Crippen LogP) is 8.88. The number of benzene rings is 4. The molecule has 4 atom stereocenters. The Bertz CT molecular complexity index is 1430. The zero-order chi connectivity index (χ0) is 33.6. The lowest BCUT2D eigenvalue weighted by Crippen LogP contribution is -2.60. The van der Waals surface area contributed by atoms with Crippen molar-refractivity contribution >= 4 is 0 Å². The van der Waals surface area contributed by atoms with Gasteiger partial charge in [0.1, 0.15) is 6.54 Å². The molecule has 0 amide bonds. The van der Waals surface area contributed by atoms with E-state index in [1.54, 1.807) is 0 Å². The Morgan fingerprint density at radius 2 is 0.854 bits per heavy atom. The summed E-state index contributed by atoms with van der Waals surface area (Å²) in [5.41, 5.74) is 5.71. The first-order chi connectivity index (χ1) is 23.5. The molecule has 4 unspecified atom stereocenters. The Kier molecular flexibility index (Phi) is 13.9. The molecule has 256 valence electrons. The van der Waals surface area contributed by atoms with E-state index in [0.29, 0.717) is 18.1 Å². The fourth-order valence-electron chi connectivity index (χ4n) is 7.97. The lowest BCUT2D eigenvalue weighted by atomic mass is 10.0. The topological polar surface area (TPSA) is 9.72 Å². The maximum Gasteiger partial charge on any atom is 0.104 e. The summed E-state index contributed by atoms with van der Waals surface area (Å²) in [6.45, 7) is 20.5. The van der Waals surface area contributed by atoms with Crippen molar-refractivity contribution in [1.29, 1.82) is 0 Å². The van der Waals surface area contributed by atoms with Gasteiger partial charge in [-0.2, -0.15) is 0 Å². The van der Waals surface area contributed by atoms with Gasteiger partial charge in [0, 0.05) is 56.9 Å². The fourth-order valence-corrected chi connectivity index (χ4v) is 7.97. The van der Waals surface area contributed by atoms with Crippen LogP contribution < -0.4 is 0 Å². The van der Waals surface area contributed by atoms with Gasteiger partial charge in [-0.1, -0.05) is 142 Å². The van der Waals surface area contributed by atoms with Crippen molar-refractivity contribution in [2.45, 2.75) is 91.3 Å². The molecule has 1 aliphatic heterocycles. The van der Waals surface area contributed by atoms with Gasteiger partial charge in [-0.25, -0.2) is 0 Å². The average molecular weight is 646 g/mol. The highest BCUT2D eigenvalue weighted by Crippen LogP contribution is 2.26. The third kappa shape index (κ3) is 10.1. The number of quaternary nitrogens is 1. The molecule has 1 heterocycles. The molecule has 0 spiro atoms. The Hall–Kier alpha value is -3.28. The fraction of sp³-hybridized carbons (Fsp3) is 0.455. The smallest absolute Gasteiger partial charge is 0.104 e. The molecule has 1 saturated heterocycles. The molecule has 4 aromatic carbocycles. The number of likely N-dealkylation sites (N-methyl/N-ethyl adjacent to an activating group) is 1. The van der Waals surface area contributed by atoms with Crippen LogP contribution in [0.4, 0.5) is 0 Å². The van der Waals surface area contributed by atoms with Crippen molar-refractivity contribution in [2.75, 3.05) is 39.3 Å². The Labute approximate surface area is 292 Å². The van der Waals surface area contributed by atoms with Gasteiger partial charge in [-0.3, -0.25) is 14.7 Å². The van der Waals surface area contributed by atoms with Gasteiger partial charge in [-0.05, 0) is 42.9 Å². The Balaban J connectivity index is 1.57. The minimum atomic E-state index is 0.465. The lowest BCUT2D eigenvalue weighted by Gasteiger charge is -2.47. The molecule has 4 nitrogen and oxygen atoms in total. The van der Waals surface area contributed by atoms with E-state index in [1.807, 2.05) is 0 Å². The minimum absolute atomic E-state index is 0.465. The first kappa shape index (κ1) is 36.0. The lowest BCUT2D eigenvalue weighted by molar-refractivity contribution is -0.940. The maximum absolute atomic E-state index is 2.87. The van der Waals surface area contributed by atoms with Crippen molar-refractivity contribution < 1.29 is 4.48 Å². The molecule has 0 aromatic heterocycles. The van der Waals surface area contributed by atoms with Crippen molar-refractivity contribution in [3.63, 3.8) is 0 Å². The first-order valence-electron chi connectivity index (χ1n) is 18.8. The summed E-state index contributed by atoms with van der Waals surface area (Å²) >= 11 is 0. The molecule has 4 aromatic rings. The Morgan fingerprint density at radius 3 is 1.27 bits per heavy atom. The summed E-state index contributed by atoms with van der Waals surface area (Å²) in [5.74, 6) is 0. The normalized spacial score (nSPS) is 23.7. The SMILES string of the molecule is CCC1CN(Cc2ccccc2)C(CC)CN(Cc2ccccc2)C(CC)C[N+](CC)(Cc2ccccc2)CCN1Cc1ccccc1. The van der Waals surface area contributed by atoms with Crippen LogP contribution in [0.15, 0.2) is 121 Å². The summed E-state index contributed by atoms with van der Waals surface area (Å²) in [6, 6.07) is 46.3. The number of rotatable bonds is 12. The van der Waals surface area contributed by atoms with Crippen molar-refractivity contribution in [1.82, 2.24) is 14.7 Å². The molecule has 0 saturated carbocycles. The zero-order valence-electron chi connectivity index (χ0n) is 30.3. The highest BCUT2D eigenvalue weighted by atomic mass is 15.4. The summed E-state index contributed by atoms with van der Waals surface area (Å²) in [6.07, 6.45) is 3.44. The second kappa shape index (κ2) is 18.5. The van der Waals surface area contributed by atoms with Gasteiger partial charge in [0.15, 0.2) is 0 Å². The van der Waals surface area contributed by atoms with Gasteiger partial charge in [0.05, 0.1) is 25.7 Å². The monoisotopic (exact) mass is 645 g/mol. The third-order valence-corrected chi connectivity index (χ3v) is 11.0. The van der Waals surface area contributed by atoms with Crippen molar-refractivity contribution in [2.24, 2.45) is 0 Å². The van der Waals surface area contributed by atoms with Crippen LogP contribution in [0.2, 0.25) is 0 Å². The maximum atomic E-state index is 2.87. The minimum Gasteiger partial charge on any atom is -0.318 e. The van der Waals surface area contributed by atoms with E-state index in [4.69, 9.17) is 0 Å². The summed E-state index contributed by atoms with van der Waals surface area (Å²) < 4.78 is 1.11. The molecule has 0 N–H and O–H groups in total. The quantitative estimate of drug-likeness (QED) is 0.143. The Morgan fingerprint density at radius 1 is 0.479 bits per heavy atom. The van der Waals surface area contributed by atoms with Crippen LogP contribution in [-0.4, -0.2) is 76.6 Å². The molecule has 5 rings (SSSR count). The van der Waals surface area contributed by atoms with E-state index in [-0.39, 0.29) is 0 Å². The van der Waals surface area contributed by atoms with E-state index in [0.717, 1.165) is 82.6 Å². The van der Waals surface area contributed by atoms with E-state index in [2.05, 4.69) is 164 Å². The number of hydrogen-bond donors (Lipinski definition) is 0. The van der Waals surface area contributed by atoms with Crippen LogP contribution in [0.1, 0.15) is 69.2 Å². The molecule has 48 heavy (non-hydrogen) atoms. The van der Waals surface area contributed by atoms with Crippen molar-refractivity contribution in [3.05, 3.63) is 144 Å². The van der Waals surface area contributed by atoms with E-state index in [1.165, 1.54) is 28.8 Å². The standard InChI is InChI=1S/C44H61N4/c1-5-42-34-46(32-39-23-15-10-16-24-39)43(6-2)35-47(33-40-25-17-11-18-26-40)44(7-3)37-48(8-4,36-41-27-19-12-20-28-41)30-29-45(42)31-38-21-13-9-14-22-38/h9-28,42-44H,5-8,29-37H2,1-4H3/q+1. The molecular weight excluding hydrogens is 585 g/mol. The van der Waals surface area contributed by atoms with Crippen LogP contribution >= 0.6 is 0 Å². The molecular formula is C44H61N4+. The van der Waals surface area contributed by atoms with Crippen molar-refractivity contribution in [3.8, 4) is 0 Å². The van der Waals surface area contributed by atoms with Crippen LogP contribution in [0.5, 0.6) is 0 Å². The molecule has 1 aliphatic rings. The first-order valence-corrected chi connectivity index (χ1v) is 18.8. The van der Waals surface area contributed by atoms with Gasteiger partial charge in [0.25, 0.3) is 0 Å². The van der Waals surface area contributed by atoms with Gasteiger partial charge in [-0.15, -0.1) is 0 Å². The van der Waals surface area contributed by atoms with E-state index in [9.17, 15) is 0 Å². The zero-order valence-corrected chi connectivity index (χ0v) is 30.3. The molecule has 0 aliphatic carbocycles. The second-order valence-electron chi connectivity index (χ2n) is 14.2. The molecule has 0 bridgehead atoms.